The number of carboxylic acids is 1. The highest BCUT2D eigenvalue weighted by Gasteiger charge is 2.30. The van der Waals surface area contributed by atoms with Crippen molar-refractivity contribution in [2.75, 3.05) is 18.5 Å². The molecule has 0 atom stereocenters. The van der Waals surface area contributed by atoms with Gasteiger partial charge in [0.05, 0.1) is 23.6 Å². The Bertz CT molecular complexity index is 996. The molecule has 1 heterocycles. The molecular weight excluding hydrogens is 484 g/mol. The smallest absolute Gasteiger partial charge is 0.323 e. The van der Waals surface area contributed by atoms with E-state index in [1.54, 1.807) is 24.9 Å². The first-order valence-corrected chi connectivity index (χ1v) is 12.8. The summed E-state index contributed by atoms with van der Waals surface area (Å²) in [4.78, 5) is 30.4. The van der Waals surface area contributed by atoms with Crippen LogP contribution in [0, 0.1) is 11.6 Å². The summed E-state index contributed by atoms with van der Waals surface area (Å²) in [5.41, 5.74) is 0.257. The number of aromatic nitrogens is 1. The Morgan fingerprint density at radius 2 is 2.03 bits per heavy atom. The van der Waals surface area contributed by atoms with Crippen LogP contribution < -0.4 is 5.32 Å². The normalized spacial score (nSPS) is 14.7. The summed E-state index contributed by atoms with van der Waals surface area (Å²) in [6, 6.07) is 3.12. The lowest BCUT2D eigenvalue weighted by Gasteiger charge is -2.34. The highest BCUT2D eigenvalue weighted by atomic mass is 32.2. The third kappa shape index (κ3) is 7.38. The van der Waals surface area contributed by atoms with Crippen LogP contribution in [0.25, 0.3) is 0 Å². The summed E-state index contributed by atoms with van der Waals surface area (Å²) in [6.07, 6.45) is 6.56. The average Bonchev–Trinajstić information content (AvgIpc) is 3.21. The Hall–Kier alpha value is -2.24. The van der Waals surface area contributed by atoms with Crippen LogP contribution in [0.3, 0.4) is 0 Å². The van der Waals surface area contributed by atoms with Crippen LogP contribution in [0.15, 0.2) is 28.6 Å². The van der Waals surface area contributed by atoms with Crippen molar-refractivity contribution in [3.8, 4) is 0 Å². The van der Waals surface area contributed by atoms with E-state index < -0.39 is 22.4 Å². The summed E-state index contributed by atoms with van der Waals surface area (Å²) in [5, 5.41) is 12.5. The van der Waals surface area contributed by atoms with Gasteiger partial charge in [0.15, 0.2) is 5.13 Å². The fourth-order valence-electron chi connectivity index (χ4n) is 3.65. The highest BCUT2D eigenvalue weighted by molar-refractivity contribution is 8.03. The van der Waals surface area contributed by atoms with Crippen molar-refractivity contribution in [3.05, 3.63) is 41.6 Å². The molecule has 0 spiro atoms. The van der Waals surface area contributed by atoms with Gasteiger partial charge in [0, 0.05) is 24.2 Å². The molecule has 2 N–H and O–H groups in total. The van der Waals surface area contributed by atoms with Gasteiger partial charge in [-0.15, -0.1) is 0 Å². The van der Waals surface area contributed by atoms with Crippen LogP contribution in [0.2, 0.25) is 0 Å². The van der Waals surface area contributed by atoms with E-state index >= 15 is 0 Å². The van der Waals surface area contributed by atoms with Crippen LogP contribution in [-0.2, 0) is 16.1 Å². The van der Waals surface area contributed by atoms with E-state index in [9.17, 15) is 23.5 Å². The quantitative estimate of drug-likeness (QED) is 0.310. The number of amides is 2. The van der Waals surface area contributed by atoms with Crippen molar-refractivity contribution in [2.24, 2.45) is 0 Å². The number of hydrogen-bond donors (Lipinski definition) is 2. The van der Waals surface area contributed by atoms with Crippen molar-refractivity contribution in [1.29, 1.82) is 0 Å². The van der Waals surface area contributed by atoms with E-state index in [2.05, 4.69) is 10.3 Å². The largest absolute Gasteiger partial charge is 0.480 e. The van der Waals surface area contributed by atoms with Gasteiger partial charge in [-0.2, -0.15) is 0 Å². The Morgan fingerprint density at radius 3 is 2.71 bits per heavy atom. The summed E-state index contributed by atoms with van der Waals surface area (Å²) >= 11 is 2.40. The van der Waals surface area contributed by atoms with Crippen molar-refractivity contribution in [2.45, 2.75) is 67.6 Å². The molecule has 11 heteroatoms. The molecule has 0 unspecified atom stereocenters. The Kier molecular flexibility index (Phi) is 9.26. The van der Waals surface area contributed by atoms with Crippen molar-refractivity contribution in [3.63, 3.8) is 0 Å². The molecule has 0 saturated heterocycles. The van der Waals surface area contributed by atoms with Crippen LogP contribution in [0.4, 0.5) is 18.7 Å². The van der Waals surface area contributed by atoms with Crippen molar-refractivity contribution < 1.29 is 28.2 Å². The van der Waals surface area contributed by atoms with Gasteiger partial charge >= 0.3 is 12.0 Å². The van der Waals surface area contributed by atoms with Crippen LogP contribution in [0.1, 0.15) is 51.5 Å². The number of hydrogen-bond acceptors (Lipinski definition) is 6. The molecule has 1 aromatic carbocycles. The third-order valence-corrected chi connectivity index (χ3v) is 7.79. The number of halogens is 2. The molecule has 1 aliphatic rings. The number of benzene rings is 1. The molecule has 0 bridgehead atoms. The molecule has 1 fully saturated rings. The molecule has 0 radical (unpaired) electrons. The maximum absolute atomic E-state index is 13.8. The maximum atomic E-state index is 13.8. The number of carboxylic acid groups (broad SMARTS) is 1. The van der Waals surface area contributed by atoms with E-state index in [1.165, 1.54) is 35.2 Å². The molecule has 7 nitrogen and oxygen atoms in total. The zero-order valence-electron chi connectivity index (χ0n) is 19.2. The van der Waals surface area contributed by atoms with Gasteiger partial charge in [0.1, 0.15) is 16.4 Å². The van der Waals surface area contributed by atoms with E-state index in [0.717, 1.165) is 38.2 Å². The number of nitrogens with zero attached hydrogens (tertiary/aromatic N) is 2. The maximum Gasteiger partial charge on any atom is 0.323 e. The van der Waals surface area contributed by atoms with Gasteiger partial charge in [-0.1, -0.05) is 48.4 Å². The van der Waals surface area contributed by atoms with Gasteiger partial charge in [0.25, 0.3) is 0 Å². The molecule has 0 aliphatic heterocycles. The van der Waals surface area contributed by atoms with Crippen molar-refractivity contribution in [1.82, 2.24) is 9.88 Å². The third-order valence-electron chi connectivity index (χ3n) is 5.59. The Labute approximate surface area is 205 Å². The van der Waals surface area contributed by atoms with Crippen LogP contribution >= 0.6 is 23.1 Å². The molecule has 1 aliphatic carbocycles. The summed E-state index contributed by atoms with van der Waals surface area (Å²) in [6.45, 7) is 3.73. The second-order valence-corrected chi connectivity index (χ2v) is 11.6. The van der Waals surface area contributed by atoms with E-state index in [-0.39, 0.29) is 30.9 Å². The number of urea groups is 1. The predicted molar refractivity (Wildman–Crippen MR) is 128 cm³/mol. The molecular formula is C23H29F2N3O4S2. The van der Waals surface area contributed by atoms with Crippen LogP contribution in [-0.4, -0.2) is 50.9 Å². The summed E-state index contributed by atoms with van der Waals surface area (Å²) in [7, 11) is 0. The molecule has 1 saturated carbocycles. The fourth-order valence-corrected chi connectivity index (χ4v) is 5.91. The van der Waals surface area contributed by atoms with E-state index in [1.807, 2.05) is 0 Å². The lowest BCUT2D eigenvalue weighted by atomic mass is 9.94. The SMILES string of the molecule is CC(C)(Sc1cnc(NC(=O)N(CCOCc2ccc(F)cc2F)C2CCCCC2)s1)C(=O)O. The van der Waals surface area contributed by atoms with Gasteiger partial charge in [-0.05, 0) is 32.8 Å². The summed E-state index contributed by atoms with van der Waals surface area (Å²) in [5.74, 6) is -2.23. The average molecular weight is 514 g/mol. The predicted octanol–water partition coefficient (Wildman–Crippen LogP) is 5.76. The van der Waals surface area contributed by atoms with Gasteiger partial charge in [0.2, 0.25) is 0 Å². The molecule has 34 heavy (non-hydrogen) atoms. The molecule has 2 amide bonds. The molecule has 2 aromatic rings. The zero-order chi connectivity index (χ0) is 24.7. The first-order valence-electron chi connectivity index (χ1n) is 11.1. The van der Waals surface area contributed by atoms with Crippen LogP contribution in [0.5, 0.6) is 0 Å². The number of thioether (sulfide) groups is 1. The Morgan fingerprint density at radius 1 is 1.29 bits per heavy atom. The lowest BCUT2D eigenvalue weighted by molar-refractivity contribution is -0.138. The topological polar surface area (TPSA) is 91.8 Å². The number of rotatable bonds is 10. The minimum atomic E-state index is -1.01. The standard InChI is InChI=1S/C23H29F2N3O4S2/c1-23(2,20(29)30)34-19-13-26-21(33-19)27-22(31)28(17-6-4-3-5-7-17)10-11-32-14-15-8-9-16(24)12-18(15)25/h8-9,12-13,17H,3-7,10-11,14H2,1-2H3,(H,29,30)(H,26,27,31). The molecule has 3 rings (SSSR count). The fraction of sp³-hybridized carbons (Fsp3) is 0.522. The monoisotopic (exact) mass is 513 g/mol. The first-order chi connectivity index (χ1) is 16.2. The number of ether oxygens (including phenoxy) is 1. The first kappa shape index (κ1) is 26.4. The number of anilines is 1. The van der Waals surface area contributed by atoms with Gasteiger partial charge < -0.3 is 14.7 Å². The number of nitrogens with one attached hydrogen (secondary N) is 1. The molecule has 186 valence electrons. The van der Waals surface area contributed by atoms with Crippen molar-refractivity contribution >= 4 is 40.2 Å². The zero-order valence-corrected chi connectivity index (χ0v) is 20.8. The number of aliphatic carboxylic acids is 1. The minimum Gasteiger partial charge on any atom is -0.480 e. The number of carbonyl (C=O) groups is 2. The number of thiazole rings is 1. The second-order valence-electron chi connectivity index (χ2n) is 8.61. The van der Waals surface area contributed by atoms with Gasteiger partial charge in [-0.25, -0.2) is 18.6 Å². The Balaban J connectivity index is 1.59. The van der Waals surface area contributed by atoms with E-state index in [0.29, 0.717) is 15.9 Å². The summed E-state index contributed by atoms with van der Waals surface area (Å²) < 4.78 is 32.1. The minimum absolute atomic E-state index is 0.0152. The van der Waals surface area contributed by atoms with Gasteiger partial charge in [-0.3, -0.25) is 10.1 Å². The lowest BCUT2D eigenvalue weighted by Crippen LogP contribution is -2.45. The van der Waals surface area contributed by atoms with E-state index in [4.69, 9.17) is 4.74 Å². The molecule has 1 aromatic heterocycles. The number of carbonyl (C=O) groups excluding carboxylic acids is 1. The highest BCUT2D eigenvalue weighted by Crippen LogP contribution is 2.37. The second kappa shape index (κ2) is 11.9.